The summed E-state index contributed by atoms with van der Waals surface area (Å²) < 4.78 is 1.77. The Kier molecular flexibility index (Phi) is 3.56. The van der Waals surface area contributed by atoms with Gasteiger partial charge in [0.15, 0.2) is 5.78 Å². The summed E-state index contributed by atoms with van der Waals surface area (Å²) in [5.41, 5.74) is 2.45. The van der Waals surface area contributed by atoms with Crippen molar-refractivity contribution in [1.29, 1.82) is 0 Å². The zero-order chi connectivity index (χ0) is 14.0. The molecule has 3 heteroatoms. The van der Waals surface area contributed by atoms with Gasteiger partial charge in [0, 0.05) is 18.3 Å². The van der Waals surface area contributed by atoms with E-state index in [4.69, 9.17) is 0 Å². The van der Waals surface area contributed by atoms with Gasteiger partial charge in [-0.15, -0.1) is 0 Å². The zero-order valence-electron chi connectivity index (χ0n) is 12.0. The number of hydrogen-bond donors (Lipinski definition) is 0. The molecule has 0 atom stereocenters. The van der Waals surface area contributed by atoms with Gasteiger partial charge in [-0.3, -0.25) is 9.48 Å². The second-order valence-corrected chi connectivity index (χ2v) is 5.71. The SMILES string of the molecule is CCn1cc(C(=O)c2ccccc2C(C)(C)C)cn1. The number of hydrogen-bond acceptors (Lipinski definition) is 2. The highest BCUT2D eigenvalue weighted by Crippen LogP contribution is 2.27. The van der Waals surface area contributed by atoms with E-state index in [9.17, 15) is 4.79 Å². The summed E-state index contributed by atoms with van der Waals surface area (Å²) in [5.74, 6) is 0.0465. The molecule has 100 valence electrons. The van der Waals surface area contributed by atoms with Gasteiger partial charge in [0.2, 0.25) is 0 Å². The van der Waals surface area contributed by atoms with Crippen LogP contribution in [0.1, 0.15) is 49.2 Å². The van der Waals surface area contributed by atoms with Crippen molar-refractivity contribution in [3.05, 3.63) is 53.3 Å². The number of carbonyl (C=O) groups is 1. The second kappa shape index (κ2) is 5.00. The van der Waals surface area contributed by atoms with E-state index in [1.54, 1.807) is 10.9 Å². The molecule has 2 rings (SSSR count). The molecule has 2 aromatic rings. The Bertz CT molecular complexity index is 591. The normalized spacial score (nSPS) is 11.6. The van der Waals surface area contributed by atoms with Crippen molar-refractivity contribution in [2.24, 2.45) is 0 Å². The van der Waals surface area contributed by atoms with Crippen molar-refractivity contribution >= 4 is 5.78 Å². The van der Waals surface area contributed by atoms with Crippen molar-refractivity contribution in [2.75, 3.05) is 0 Å². The standard InChI is InChI=1S/C16H20N2O/c1-5-18-11-12(10-17-18)15(19)13-8-6-7-9-14(13)16(2,3)4/h6-11H,5H2,1-4H3. The van der Waals surface area contributed by atoms with Gasteiger partial charge in [-0.25, -0.2) is 0 Å². The molecule has 0 spiro atoms. The maximum atomic E-state index is 12.6. The highest BCUT2D eigenvalue weighted by atomic mass is 16.1. The number of nitrogens with zero attached hydrogens (tertiary/aromatic N) is 2. The first-order chi connectivity index (χ1) is 8.93. The zero-order valence-corrected chi connectivity index (χ0v) is 12.0. The van der Waals surface area contributed by atoms with E-state index < -0.39 is 0 Å². The topological polar surface area (TPSA) is 34.9 Å². The monoisotopic (exact) mass is 256 g/mol. The minimum atomic E-state index is -0.0486. The number of benzene rings is 1. The van der Waals surface area contributed by atoms with Crippen LogP contribution in [0.25, 0.3) is 0 Å². The average Bonchev–Trinajstić information content (AvgIpc) is 2.85. The van der Waals surface area contributed by atoms with Crippen LogP contribution >= 0.6 is 0 Å². The van der Waals surface area contributed by atoms with Crippen LogP contribution in [-0.2, 0) is 12.0 Å². The van der Waals surface area contributed by atoms with Gasteiger partial charge in [0.05, 0.1) is 11.8 Å². The van der Waals surface area contributed by atoms with E-state index in [0.717, 1.165) is 17.7 Å². The third-order valence-corrected chi connectivity index (χ3v) is 3.20. The smallest absolute Gasteiger partial charge is 0.196 e. The van der Waals surface area contributed by atoms with Gasteiger partial charge < -0.3 is 0 Å². The summed E-state index contributed by atoms with van der Waals surface area (Å²) in [4.78, 5) is 12.6. The molecule has 0 saturated heterocycles. The Balaban J connectivity index is 2.44. The summed E-state index contributed by atoms with van der Waals surface area (Å²) in [6.45, 7) is 9.14. The van der Waals surface area contributed by atoms with E-state index in [1.807, 2.05) is 37.4 Å². The number of aromatic nitrogens is 2. The molecule has 0 aliphatic carbocycles. The van der Waals surface area contributed by atoms with Crippen molar-refractivity contribution in [3.63, 3.8) is 0 Å². The van der Waals surface area contributed by atoms with E-state index in [0.29, 0.717) is 5.56 Å². The molecule has 0 radical (unpaired) electrons. The van der Waals surface area contributed by atoms with Crippen molar-refractivity contribution in [3.8, 4) is 0 Å². The third kappa shape index (κ3) is 2.75. The number of ketones is 1. The summed E-state index contributed by atoms with van der Waals surface area (Å²) >= 11 is 0. The Hall–Kier alpha value is -1.90. The highest BCUT2D eigenvalue weighted by molar-refractivity contribution is 6.09. The summed E-state index contributed by atoms with van der Waals surface area (Å²) in [5, 5.41) is 4.17. The lowest BCUT2D eigenvalue weighted by molar-refractivity contribution is 0.103. The van der Waals surface area contributed by atoms with Crippen molar-refractivity contribution in [2.45, 2.75) is 39.7 Å². The van der Waals surface area contributed by atoms with E-state index >= 15 is 0 Å². The van der Waals surface area contributed by atoms with Crippen LogP contribution in [0.15, 0.2) is 36.7 Å². The maximum Gasteiger partial charge on any atom is 0.196 e. The van der Waals surface area contributed by atoms with Crippen molar-refractivity contribution < 1.29 is 4.79 Å². The van der Waals surface area contributed by atoms with E-state index in [-0.39, 0.29) is 11.2 Å². The van der Waals surface area contributed by atoms with Gasteiger partial charge in [-0.2, -0.15) is 5.10 Å². The van der Waals surface area contributed by atoms with Gasteiger partial charge in [0.1, 0.15) is 0 Å². The summed E-state index contributed by atoms with van der Waals surface area (Å²) in [6, 6.07) is 7.81. The molecule has 0 amide bonds. The maximum absolute atomic E-state index is 12.6. The van der Waals surface area contributed by atoms with Gasteiger partial charge >= 0.3 is 0 Å². The first kappa shape index (κ1) is 13.5. The predicted molar refractivity (Wildman–Crippen MR) is 76.5 cm³/mol. The quantitative estimate of drug-likeness (QED) is 0.789. The van der Waals surface area contributed by atoms with E-state index in [2.05, 4.69) is 25.9 Å². The van der Waals surface area contributed by atoms with Crippen LogP contribution in [-0.4, -0.2) is 15.6 Å². The van der Waals surface area contributed by atoms with Crippen molar-refractivity contribution in [1.82, 2.24) is 9.78 Å². The van der Waals surface area contributed by atoms with Crippen LogP contribution in [0, 0.1) is 0 Å². The van der Waals surface area contributed by atoms with Gasteiger partial charge in [-0.1, -0.05) is 45.0 Å². The molecule has 19 heavy (non-hydrogen) atoms. The molecule has 0 aliphatic rings. The largest absolute Gasteiger partial charge is 0.288 e. The Morgan fingerprint density at radius 1 is 1.26 bits per heavy atom. The van der Waals surface area contributed by atoms with Crippen LogP contribution in [0.2, 0.25) is 0 Å². The molecule has 0 unspecified atom stereocenters. The van der Waals surface area contributed by atoms with Gasteiger partial charge in [0.25, 0.3) is 0 Å². The average molecular weight is 256 g/mol. The van der Waals surface area contributed by atoms with Crippen LogP contribution in [0.3, 0.4) is 0 Å². The molecule has 0 N–H and O–H groups in total. The lowest BCUT2D eigenvalue weighted by atomic mass is 9.82. The molecule has 0 saturated carbocycles. The Morgan fingerprint density at radius 3 is 2.53 bits per heavy atom. The second-order valence-electron chi connectivity index (χ2n) is 5.71. The minimum Gasteiger partial charge on any atom is -0.288 e. The summed E-state index contributed by atoms with van der Waals surface area (Å²) in [6.07, 6.45) is 3.45. The van der Waals surface area contributed by atoms with Crippen LogP contribution < -0.4 is 0 Å². The molecule has 0 bridgehead atoms. The molecular formula is C16H20N2O. The minimum absolute atomic E-state index is 0.0465. The molecule has 0 aliphatic heterocycles. The Labute approximate surface area is 114 Å². The van der Waals surface area contributed by atoms with Crippen LogP contribution in [0.5, 0.6) is 0 Å². The predicted octanol–water partition coefficient (Wildman–Crippen LogP) is 3.43. The highest BCUT2D eigenvalue weighted by Gasteiger charge is 2.22. The number of aryl methyl sites for hydroxylation is 1. The molecule has 0 fully saturated rings. The molecular weight excluding hydrogens is 236 g/mol. The fourth-order valence-corrected chi connectivity index (χ4v) is 2.14. The van der Waals surface area contributed by atoms with Crippen LogP contribution in [0.4, 0.5) is 0 Å². The Morgan fingerprint density at radius 2 is 1.95 bits per heavy atom. The summed E-state index contributed by atoms with van der Waals surface area (Å²) in [7, 11) is 0. The van der Waals surface area contributed by atoms with E-state index in [1.165, 1.54) is 0 Å². The fourth-order valence-electron chi connectivity index (χ4n) is 2.14. The number of rotatable bonds is 3. The lowest BCUT2D eigenvalue weighted by Gasteiger charge is -2.22. The first-order valence-corrected chi connectivity index (χ1v) is 6.60. The van der Waals surface area contributed by atoms with Gasteiger partial charge in [-0.05, 0) is 17.9 Å². The molecule has 1 aromatic heterocycles. The molecule has 3 nitrogen and oxygen atoms in total. The third-order valence-electron chi connectivity index (χ3n) is 3.20. The lowest BCUT2D eigenvalue weighted by Crippen LogP contribution is -2.17. The fraction of sp³-hybridized carbons (Fsp3) is 0.375. The number of carbonyl (C=O) groups excluding carboxylic acids is 1. The first-order valence-electron chi connectivity index (χ1n) is 6.60. The molecule has 1 aromatic carbocycles. The molecule has 1 heterocycles.